The van der Waals surface area contributed by atoms with Gasteiger partial charge in [-0.2, -0.15) is 0 Å². The number of methoxy groups -OCH3 is 3. The monoisotopic (exact) mass is 462 g/mol. The first kappa shape index (κ1) is 23.2. The molecule has 10 heteroatoms. The van der Waals surface area contributed by atoms with Gasteiger partial charge in [0, 0.05) is 24.1 Å². The Morgan fingerprint density at radius 3 is 2.50 bits per heavy atom. The molecule has 0 aliphatic carbocycles. The SMILES string of the molecule is COc1ccc(NC(=O)COC(=O)[C@H]2CC(=O)N(c3cc(Cl)ccc3OC)C2)c(OC)c1. The zero-order valence-corrected chi connectivity index (χ0v) is 18.6. The van der Waals surface area contributed by atoms with Crippen LogP contribution in [0.15, 0.2) is 36.4 Å². The van der Waals surface area contributed by atoms with E-state index >= 15 is 0 Å². The van der Waals surface area contributed by atoms with Crippen LogP contribution in [-0.2, 0) is 19.1 Å². The normalized spacial score (nSPS) is 15.3. The molecular formula is C22H23ClN2O7. The first-order chi connectivity index (χ1) is 15.4. The highest BCUT2D eigenvalue weighted by molar-refractivity contribution is 6.31. The lowest BCUT2D eigenvalue weighted by atomic mass is 10.1. The number of amides is 2. The van der Waals surface area contributed by atoms with E-state index in [1.807, 2.05) is 0 Å². The van der Waals surface area contributed by atoms with Crippen molar-refractivity contribution in [3.8, 4) is 17.2 Å². The third-order valence-electron chi connectivity index (χ3n) is 4.92. The van der Waals surface area contributed by atoms with Crippen LogP contribution in [0, 0.1) is 5.92 Å². The van der Waals surface area contributed by atoms with Gasteiger partial charge in [-0.3, -0.25) is 14.4 Å². The van der Waals surface area contributed by atoms with Gasteiger partial charge in [0.1, 0.15) is 17.2 Å². The van der Waals surface area contributed by atoms with Gasteiger partial charge >= 0.3 is 5.97 Å². The molecule has 3 rings (SSSR count). The van der Waals surface area contributed by atoms with Gasteiger partial charge in [-0.05, 0) is 30.3 Å². The Morgan fingerprint density at radius 2 is 1.81 bits per heavy atom. The molecule has 9 nitrogen and oxygen atoms in total. The molecule has 1 aliphatic rings. The first-order valence-electron chi connectivity index (χ1n) is 9.68. The van der Waals surface area contributed by atoms with E-state index in [2.05, 4.69) is 5.32 Å². The number of carbonyl (C=O) groups excluding carboxylic acids is 3. The lowest BCUT2D eigenvalue weighted by Crippen LogP contribution is -2.28. The predicted molar refractivity (Wildman–Crippen MR) is 118 cm³/mol. The Kier molecular flexibility index (Phi) is 7.42. The van der Waals surface area contributed by atoms with Crippen molar-refractivity contribution in [2.45, 2.75) is 6.42 Å². The van der Waals surface area contributed by atoms with Crippen molar-refractivity contribution in [2.75, 3.05) is 44.7 Å². The van der Waals surface area contributed by atoms with Crippen molar-refractivity contribution >= 4 is 40.8 Å². The summed E-state index contributed by atoms with van der Waals surface area (Å²) in [6.07, 6.45) is -0.0393. The van der Waals surface area contributed by atoms with Gasteiger partial charge in [0.15, 0.2) is 6.61 Å². The Labute approximate surface area is 190 Å². The van der Waals surface area contributed by atoms with Crippen LogP contribution in [0.3, 0.4) is 0 Å². The molecule has 1 aliphatic heterocycles. The van der Waals surface area contributed by atoms with E-state index in [1.165, 1.54) is 26.2 Å². The number of carbonyl (C=O) groups is 3. The maximum absolute atomic E-state index is 12.5. The van der Waals surface area contributed by atoms with Gasteiger partial charge in [-0.15, -0.1) is 0 Å². The zero-order chi connectivity index (χ0) is 23.3. The quantitative estimate of drug-likeness (QED) is 0.601. The molecule has 32 heavy (non-hydrogen) atoms. The van der Waals surface area contributed by atoms with Gasteiger partial charge in [0.2, 0.25) is 5.91 Å². The molecule has 0 unspecified atom stereocenters. The first-order valence-corrected chi connectivity index (χ1v) is 10.1. The molecule has 0 spiro atoms. The van der Waals surface area contributed by atoms with E-state index in [1.54, 1.807) is 36.4 Å². The van der Waals surface area contributed by atoms with Gasteiger partial charge in [0.05, 0.1) is 38.6 Å². The number of nitrogens with one attached hydrogen (secondary N) is 1. The summed E-state index contributed by atoms with van der Waals surface area (Å²) in [5.74, 6) is -0.730. The minimum Gasteiger partial charge on any atom is -0.497 e. The molecule has 2 aromatic rings. The van der Waals surface area contributed by atoms with Gasteiger partial charge in [0.25, 0.3) is 5.91 Å². The fraction of sp³-hybridized carbons (Fsp3) is 0.318. The number of halogens is 1. The maximum Gasteiger partial charge on any atom is 0.311 e. The van der Waals surface area contributed by atoms with Crippen LogP contribution in [-0.4, -0.2) is 52.3 Å². The summed E-state index contributed by atoms with van der Waals surface area (Å²) in [7, 11) is 4.46. The summed E-state index contributed by atoms with van der Waals surface area (Å²) in [4.78, 5) is 38.6. The van der Waals surface area contributed by atoms with Crippen LogP contribution in [0.4, 0.5) is 11.4 Å². The molecule has 1 saturated heterocycles. The fourth-order valence-corrected chi connectivity index (χ4v) is 3.48. The molecule has 0 saturated carbocycles. The topological polar surface area (TPSA) is 103 Å². The number of ether oxygens (including phenoxy) is 4. The van der Waals surface area contributed by atoms with Crippen LogP contribution in [0.2, 0.25) is 5.02 Å². The lowest BCUT2D eigenvalue weighted by molar-refractivity contribution is -0.151. The molecule has 0 bridgehead atoms. The second-order valence-corrected chi connectivity index (χ2v) is 7.38. The van der Waals surface area contributed by atoms with Crippen molar-refractivity contribution < 1.29 is 33.3 Å². The van der Waals surface area contributed by atoms with E-state index in [4.69, 9.17) is 30.5 Å². The second kappa shape index (κ2) is 10.2. The molecule has 1 atom stereocenters. The Bertz CT molecular complexity index is 1030. The summed E-state index contributed by atoms with van der Waals surface area (Å²) < 4.78 is 20.8. The second-order valence-electron chi connectivity index (χ2n) is 6.94. The lowest BCUT2D eigenvalue weighted by Gasteiger charge is -2.19. The summed E-state index contributed by atoms with van der Waals surface area (Å²) in [5.41, 5.74) is 0.884. The molecule has 1 heterocycles. The van der Waals surface area contributed by atoms with E-state index in [9.17, 15) is 14.4 Å². The van der Waals surface area contributed by atoms with E-state index in [0.717, 1.165) is 0 Å². The highest BCUT2D eigenvalue weighted by Crippen LogP contribution is 2.35. The molecule has 2 aromatic carbocycles. The third-order valence-corrected chi connectivity index (χ3v) is 5.15. The summed E-state index contributed by atoms with van der Waals surface area (Å²) >= 11 is 6.04. The molecule has 1 N–H and O–H groups in total. The summed E-state index contributed by atoms with van der Waals surface area (Å²) in [6, 6.07) is 9.78. The van der Waals surface area contributed by atoms with Gasteiger partial charge < -0.3 is 29.2 Å². The number of anilines is 2. The van der Waals surface area contributed by atoms with E-state index in [0.29, 0.717) is 33.6 Å². The van der Waals surface area contributed by atoms with Crippen LogP contribution < -0.4 is 24.4 Å². The van der Waals surface area contributed by atoms with Crippen molar-refractivity contribution in [2.24, 2.45) is 5.92 Å². The molecule has 170 valence electrons. The van der Waals surface area contributed by atoms with E-state index in [-0.39, 0.29) is 18.9 Å². The van der Waals surface area contributed by atoms with Crippen LogP contribution in [0.25, 0.3) is 0 Å². The van der Waals surface area contributed by atoms with E-state index < -0.39 is 24.4 Å². The average molecular weight is 463 g/mol. The Morgan fingerprint density at radius 1 is 1.06 bits per heavy atom. The van der Waals surface area contributed by atoms with Crippen molar-refractivity contribution in [3.05, 3.63) is 41.4 Å². The molecular weight excluding hydrogens is 440 g/mol. The number of hydrogen-bond donors (Lipinski definition) is 1. The minimum atomic E-state index is -0.713. The highest BCUT2D eigenvalue weighted by Gasteiger charge is 2.37. The predicted octanol–water partition coefficient (Wildman–Crippen LogP) is 2.90. The molecule has 1 fully saturated rings. The maximum atomic E-state index is 12.5. The van der Waals surface area contributed by atoms with Crippen molar-refractivity contribution in [3.63, 3.8) is 0 Å². The number of esters is 1. The average Bonchev–Trinajstić information content (AvgIpc) is 3.19. The fourth-order valence-electron chi connectivity index (χ4n) is 3.31. The number of rotatable bonds is 8. The van der Waals surface area contributed by atoms with Crippen LogP contribution >= 0.6 is 11.6 Å². The smallest absolute Gasteiger partial charge is 0.311 e. The van der Waals surface area contributed by atoms with Crippen LogP contribution in [0.1, 0.15) is 6.42 Å². The largest absolute Gasteiger partial charge is 0.497 e. The molecule has 0 radical (unpaired) electrons. The zero-order valence-electron chi connectivity index (χ0n) is 17.8. The number of hydrogen-bond acceptors (Lipinski definition) is 7. The van der Waals surface area contributed by atoms with Crippen LogP contribution in [0.5, 0.6) is 17.2 Å². The number of benzene rings is 2. The van der Waals surface area contributed by atoms with Crippen molar-refractivity contribution in [1.82, 2.24) is 0 Å². The summed E-state index contributed by atoms with van der Waals surface area (Å²) in [6.45, 7) is -0.401. The van der Waals surface area contributed by atoms with Crippen molar-refractivity contribution in [1.29, 1.82) is 0 Å². The number of nitrogens with zero attached hydrogens (tertiary/aromatic N) is 1. The highest BCUT2D eigenvalue weighted by atomic mass is 35.5. The summed E-state index contributed by atoms with van der Waals surface area (Å²) in [5, 5.41) is 3.05. The Hall–Kier alpha value is -3.46. The standard InChI is InChI=1S/C22H23ClN2O7/c1-29-15-5-6-16(19(10-15)31-3)24-20(26)12-32-22(28)13-8-21(27)25(11-13)17-9-14(23)4-7-18(17)30-2/h4-7,9-10,13H,8,11-12H2,1-3H3,(H,24,26)/t13-/m0/s1. The Balaban J connectivity index is 1.58. The molecule has 2 amide bonds. The minimum absolute atomic E-state index is 0.0393. The van der Waals surface area contributed by atoms with Gasteiger partial charge in [-0.25, -0.2) is 0 Å². The molecule has 0 aromatic heterocycles. The van der Waals surface area contributed by atoms with Gasteiger partial charge in [-0.1, -0.05) is 11.6 Å². The third kappa shape index (κ3) is 5.23.